The average Bonchev–Trinajstić information content (AvgIpc) is 2.41. The first-order valence-corrected chi connectivity index (χ1v) is 6.42. The van der Waals surface area contributed by atoms with Gasteiger partial charge in [0.2, 0.25) is 0 Å². The second kappa shape index (κ2) is 5.84. The Morgan fingerprint density at radius 3 is 2.55 bits per heavy atom. The van der Waals surface area contributed by atoms with Crippen molar-refractivity contribution in [2.45, 2.75) is 12.7 Å². The van der Waals surface area contributed by atoms with Crippen LogP contribution in [0.2, 0.25) is 5.02 Å². The number of rotatable bonds is 3. The standard InChI is InChI=1S/C14H10ClF3N2O2/c15-10-5-11(12(19)21)13(22)20(7-10)6-8-2-1-3-9(4-8)14(16,17)18/h1-5,7H,6H2,(H2,19,21). The van der Waals surface area contributed by atoms with E-state index >= 15 is 0 Å². The molecule has 8 heteroatoms. The first-order valence-electron chi connectivity index (χ1n) is 6.04. The number of amides is 1. The number of hydrogen-bond donors (Lipinski definition) is 1. The highest BCUT2D eigenvalue weighted by molar-refractivity contribution is 6.30. The number of aromatic nitrogens is 1. The maximum Gasteiger partial charge on any atom is 0.416 e. The summed E-state index contributed by atoms with van der Waals surface area (Å²) in [6, 6.07) is 5.65. The highest BCUT2D eigenvalue weighted by Gasteiger charge is 2.30. The summed E-state index contributed by atoms with van der Waals surface area (Å²) in [7, 11) is 0. The molecule has 0 fully saturated rings. The van der Waals surface area contributed by atoms with Gasteiger partial charge in [0, 0.05) is 6.20 Å². The van der Waals surface area contributed by atoms with Crippen LogP contribution in [-0.2, 0) is 12.7 Å². The molecule has 0 saturated heterocycles. The number of nitrogens with zero attached hydrogens (tertiary/aromatic N) is 1. The van der Waals surface area contributed by atoms with Crippen LogP contribution in [0.4, 0.5) is 13.2 Å². The number of carbonyl (C=O) groups excluding carboxylic acids is 1. The maximum absolute atomic E-state index is 12.7. The molecule has 116 valence electrons. The Bertz CT molecular complexity index is 784. The fourth-order valence-corrected chi connectivity index (χ4v) is 2.16. The Kier molecular flexibility index (Phi) is 4.27. The van der Waals surface area contributed by atoms with Gasteiger partial charge >= 0.3 is 6.18 Å². The monoisotopic (exact) mass is 330 g/mol. The molecule has 1 amide bonds. The molecule has 0 bridgehead atoms. The minimum atomic E-state index is -4.48. The molecule has 1 aromatic heterocycles. The molecule has 4 nitrogen and oxygen atoms in total. The normalized spacial score (nSPS) is 11.5. The fraction of sp³-hybridized carbons (Fsp3) is 0.143. The van der Waals surface area contributed by atoms with E-state index in [2.05, 4.69) is 0 Å². The third-order valence-electron chi connectivity index (χ3n) is 2.93. The van der Waals surface area contributed by atoms with Crippen LogP contribution in [0.5, 0.6) is 0 Å². The molecule has 1 heterocycles. The first-order chi connectivity index (χ1) is 10.2. The zero-order valence-corrected chi connectivity index (χ0v) is 11.8. The van der Waals surface area contributed by atoms with E-state index in [1.807, 2.05) is 0 Å². The van der Waals surface area contributed by atoms with Gasteiger partial charge in [0.15, 0.2) is 0 Å². The minimum Gasteiger partial charge on any atom is -0.365 e. The number of nitrogens with two attached hydrogens (primary N) is 1. The Morgan fingerprint density at radius 1 is 1.27 bits per heavy atom. The van der Waals surface area contributed by atoms with Crippen LogP contribution < -0.4 is 11.3 Å². The number of pyridine rings is 1. The summed E-state index contributed by atoms with van der Waals surface area (Å²) in [5, 5.41) is 0.0837. The van der Waals surface area contributed by atoms with E-state index in [1.165, 1.54) is 18.3 Å². The molecular weight excluding hydrogens is 321 g/mol. The quantitative estimate of drug-likeness (QED) is 0.940. The number of carbonyl (C=O) groups is 1. The highest BCUT2D eigenvalue weighted by Crippen LogP contribution is 2.29. The summed E-state index contributed by atoms with van der Waals surface area (Å²) < 4.78 is 39.0. The van der Waals surface area contributed by atoms with Crippen LogP contribution in [0.3, 0.4) is 0 Å². The zero-order valence-electron chi connectivity index (χ0n) is 11.0. The predicted octanol–water partition coefficient (Wildman–Crippen LogP) is 2.67. The van der Waals surface area contributed by atoms with Crippen molar-refractivity contribution in [3.63, 3.8) is 0 Å². The minimum absolute atomic E-state index is 0.0837. The van der Waals surface area contributed by atoms with Gasteiger partial charge in [0.25, 0.3) is 11.5 Å². The second-order valence-electron chi connectivity index (χ2n) is 4.57. The SMILES string of the molecule is NC(=O)c1cc(Cl)cn(Cc2cccc(C(F)(F)F)c2)c1=O. The van der Waals surface area contributed by atoms with Crippen LogP contribution in [0.15, 0.2) is 41.3 Å². The zero-order chi connectivity index (χ0) is 16.5. The molecule has 2 N–H and O–H groups in total. The lowest BCUT2D eigenvalue weighted by molar-refractivity contribution is -0.137. The average molecular weight is 331 g/mol. The molecule has 0 aliphatic heterocycles. The van der Waals surface area contributed by atoms with Gasteiger partial charge in [0.1, 0.15) is 5.56 Å². The summed E-state index contributed by atoms with van der Waals surface area (Å²) in [4.78, 5) is 23.2. The van der Waals surface area contributed by atoms with Crippen molar-refractivity contribution in [3.8, 4) is 0 Å². The Hall–Kier alpha value is -2.28. The number of benzene rings is 1. The molecule has 0 radical (unpaired) electrons. The molecule has 0 aliphatic rings. The Labute approximate surface area is 127 Å². The molecular formula is C14H10ClF3N2O2. The van der Waals surface area contributed by atoms with Gasteiger partial charge in [-0.25, -0.2) is 0 Å². The van der Waals surface area contributed by atoms with Crippen LogP contribution >= 0.6 is 11.6 Å². The van der Waals surface area contributed by atoms with Crippen molar-refractivity contribution in [1.82, 2.24) is 4.57 Å². The lowest BCUT2D eigenvalue weighted by Gasteiger charge is -2.11. The largest absolute Gasteiger partial charge is 0.416 e. The summed E-state index contributed by atoms with van der Waals surface area (Å²) in [5.41, 5.74) is 3.45. The van der Waals surface area contributed by atoms with Gasteiger partial charge < -0.3 is 10.3 Å². The van der Waals surface area contributed by atoms with Crippen molar-refractivity contribution >= 4 is 17.5 Å². The van der Waals surface area contributed by atoms with Gasteiger partial charge in [-0.1, -0.05) is 23.7 Å². The second-order valence-corrected chi connectivity index (χ2v) is 5.00. The Balaban J connectivity index is 2.44. The summed E-state index contributed by atoms with van der Waals surface area (Å²) in [5.74, 6) is -0.953. The molecule has 0 atom stereocenters. The van der Waals surface area contributed by atoms with E-state index in [9.17, 15) is 22.8 Å². The number of halogens is 4. The molecule has 1 aromatic carbocycles. The van der Waals surface area contributed by atoms with Gasteiger partial charge in [-0.15, -0.1) is 0 Å². The van der Waals surface area contributed by atoms with E-state index < -0.39 is 23.2 Å². The lowest BCUT2D eigenvalue weighted by atomic mass is 10.1. The van der Waals surface area contributed by atoms with Crippen LogP contribution in [-0.4, -0.2) is 10.5 Å². The van der Waals surface area contributed by atoms with E-state index in [4.69, 9.17) is 17.3 Å². The van der Waals surface area contributed by atoms with Crippen LogP contribution in [0.1, 0.15) is 21.5 Å². The number of primary amides is 1. The van der Waals surface area contributed by atoms with Gasteiger partial charge in [-0.3, -0.25) is 9.59 Å². The third kappa shape index (κ3) is 3.48. The van der Waals surface area contributed by atoms with Gasteiger partial charge in [0.05, 0.1) is 17.1 Å². The molecule has 2 rings (SSSR count). The van der Waals surface area contributed by atoms with Crippen molar-refractivity contribution < 1.29 is 18.0 Å². The molecule has 0 aliphatic carbocycles. The number of alkyl halides is 3. The summed E-state index contributed by atoms with van der Waals surface area (Å²) >= 11 is 5.79. The summed E-state index contributed by atoms with van der Waals surface area (Å²) in [6.07, 6.45) is -3.25. The summed E-state index contributed by atoms with van der Waals surface area (Å²) in [6.45, 7) is -0.163. The third-order valence-corrected chi connectivity index (χ3v) is 3.13. The fourth-order valence-electron chi connectivity index (χ4n) is 1.94. The van der Waals surface area contributed by atoms with Crippen molar-refractivity contribution in [3.05, 3.63) is 68.6 Å². The molecule has 0 unspecified atom stereocenters. The van der Waals surface area contributed by atoms with E-state index in [1.54, 1.807) is 0 Å². The highest BCUT2D eigenvalue weighted by atomic mass is 35.5. The molecule has 0 saturated carbocycles. The van der Waals surface area contributed by atoms with E-state index in [-0.39, 0.29) is 22.7 Å². The number of hydrogen-bond acceptors (Lipinski definition) is 2. The van der Waals surface area contributed by atoms with Crippen molar-refractivity contribution in [2.75, 3.05) is 0 Å². The first kappa shape index (κ1) is 16.1. The topological polar surface area (TPSA) is 65.1 Å². The van der Waals surface area contributed by atoms with E-state index in [0.29, 0.717) is 0 Å². The van der Waals surface area contributed by atoms with Crippen molar-refractivity contribution in [2.24, 2.45) is 5.73 Å². The van der Waals surface area contributed by atoms with E-state index in [0.717, 1.165) is 22.8 Å². The molecule has 0 spiro atoms. The Morgan fingerprint density at radius 2 is 1.95 bits per heavy atom. The van der Waals surface area contributed by atoms with Crippen LogP contribution in [0.25, 0.3) is 0 Å². The molecule has 22 heavy (non-hydrogen) atoms. The van der Waals surface area contributed by atoms with Crippen molar-refractivity contribution in [1.29, 1.82) is 0 Å². The van der Waals surface area contributed by atoms with Gasteiger partial charge in [-0.2, -0.15) is 13.2 Å². The molecule has 2 aromatic rings. The van der Waals surface area contributed by atoms with Crippen LogP contribution in [0, 0.1) is 0 Å². The maximum atomic E-state index is 12.7. The smallest absolute Gasteiger partial charge is 0.365 e. The lowest BCUT2D eigenvalue weighted by Crippen LogP contribution is -2.29. The predicted molar refractivity (Wildman–Crippen MR) is 74.8 cm³/mol. The van der Waals surface area contributed by atoms with Gasteiger partial charge in [-0.05, 0) is 23.8 Å².